The Bertz CT molecular complexity index is 330. The molecule has 0 unspecified atom stereocenters. The van der Waals surface area contributed by atoms with Crippen molar-refractivity contribution >= 4 is 36.0 Å². The van der Waals surface area contributed by atoms with Crippen LogP contribution in [0.1, 0.15) is 27.2 Å². The first kappa shape index (κ1) is 23.5. The number of nitrogens with one attached hydrogen (secondary N) is 3. The van der Waals surface area contributed by atoms with Crippen LogP contribution in [0.2, 0.25) is 0 Å². The summed E-state index contributed by atoms with van der Waals surface area (Å²) in [5.74, 6) is 0.736. The summed E-state index contributed by atoms with van der Waals surface area (Å²) < 4.78 is 5.14. The van der Waals surface area contributed by atoms with E-state index >= 15 is 0 Å². The lowest BCUT2D eigenvalue weighted by molar-refractivity contribution is 0.0529. The van der Waals surface area contributed by atoms with E-state index in [2.05, 4.69) is 39.9 Å². The molecule has 1 amide bonds. The van der Waals surface area contributed by atoms with Crippen molar-refractivity contribution in [1.82, 2.24) is 20.9 Å². The zero-order valence-electron chi connectivity index (χ0n) is 14.7. The van der Waals surface area contributed by atoms with Crippen LogP contribution in [0.15, 0.2) is 4.99 Å². The molecule has 0 rings (SSSR count). The van der Waals surface area contributed by atoms with Crippen LogP contribution in [0, 0.1) is 0 Å². The number of hydrogen-bond donors (Lipinski definition) is 3. The molecule has 0 aliphatic carbocycles. The van der Waals surface area contributed by atoms with Gasteiger partial charge < -0.3 is 25.6 Å². The fourth-order valence-corrected chi connectivity index (χ4v) is 1.48. The second kappa shape index (κ2) is 12.7. The van der Waals surface area contributed by atoms with E-state index in [1.54, 1.807) is 7.05 Å². The standard InChI is InChI=1S/C14H31N5O2.HI/c1-14(2,3)21-13(20)18-10-9-17-12(15-4)16-8-7-11-19(5)6;/h7-11H2,1-6H3,(H,18,20)(H2,15,16,17);1H. The number of hydrogen-bond acceptors (Lipinski definition) is 4. The number of carbonyl (C=O) groups excluding carboxylic acids is 1. The summed E-state index contributed by atoms with van der Waals surface area (Å²) in [6.45, 7) is 8.47. The Labute approximate surface area is 151 Å². The summed E-state index contributed by atoms with van der Waals surface area (Å²) in [4.78, 5) is 17.7. The lowest BCUT2D eigenvalue weighted by Gasteiger charge is -2.20. The molecule has 3 N–H and O–H groups in total. The summed E-state index contributed by atoms with van der Waals surface area (Å²) in [6, 6.07) is 0. The smallest absolute Gasteiger partial charge is 0.407 e. The summed E-state index contributed by atoms with van der Waals surface area (Å²) >= 11 is 0. The highest BCUT2D eigenvalue weighted by Gasteiger charge is 2.15. The molecule has 132 valence electrons. The maximum Gasteiger partial charge on any atom is 0.407 e. The first-order chi connectivity index (χ1) is 9.74. The maximum absolute atomic E-state index is 11.4. The number of amides is 1. The van der Waals surface area contributed by atoms with Gasteiger partial charge in [-0.2, -0.15) is 0 Å². The Hall–Kier alpha value is -0.770. The van der Waals surface area contributed by atoms with Crippen LogP contribution in [0.5, 0.6) is 0 Å². The van der Waals surface area contributed by atoms with Crippen LogP contribution >= 0.6 is 24.0 Å². The number of aliphatic imine (C=N–C) groups is 1. The summed E-state index contributed by atoms with van der Waals surface area (Å²) in [5.41, 5.74) is -0.471. The van der Waals surface area contributed by atoms with Gasteiger partial charge in [-0.25, -0.2) is 4.79 Å². The van der Waals surface area contributed by atoms with Gasteiger partial charge in [0.1, 0.15) is 5.60 Å². The molecule has 0 aliphatic heterocycles. The number of ether oxygens (including phenoxy) is 1. The van der Waals surface area contributed by atoms with E-state index in [1.807, 2.05) is 20.8 Å². The predicted octanol–water partition coefficient (Wildman–Crippen LogP) is 1.25. The topological polar surface area (TPSA) is 78.0 Å². The summed E-state index contributed by atoms with van der Waals surface area (Å²) in [7, 11) is 5.83. The Morgan fingerprint density at radius 2 is 1.64 bits per heavy atom. The molecule has 0 aliphatic rings. The zero-order chi connectivity index (χ0) is 16.3. The minimum absolute atomic E-state index is 0. The van der Waals surface area contributed by atoms with E-state index in [0.29, 0.717) is 13.1 Å². The minimum atomic E-state index is -0.471. The molecule has 0 bridgehead atoms. The number of rotatable bonds is 7. The quantitative estimate of drug-likeness (QED) is 0.246. The molecule has 0 spiro atoms. The van der Waals surface area contributed by atoms with E-state index < -0.39 is 11.7 Å². The molecule has 22 heavy (non-hydrogen) atoms. The van der Waals surface area contributed by atoms with Crippen LogP contribution in [-0.4, -0.2) is 69.9 Å². The van der Waals surface area contributed by atoms with Gasteiger partial charge in [0.15, 0.2) is 5.96 Å². The average Bonchev–Trinajstić information content (AvgIpc) is 2.34. The lowest BCUT2D eigenvalue weighted by Crippen LogP contribution is -2.43. The second-order valence-electron chi connectivity index (χ2n) is 6.01. The number of guanidine groups is 1. The van der Waals surface area contributed by atoms with Crippen molar-refractivity contribution in [1.29, 1.82) is 0 Å². The molecule has 0 aromatic carbocycles. The first-order valence-corrected chi connectivity index (χ1v) is 7.30. The van der Waals surface area contributed by atoms with Crippen molar-refractivity contribution in [3.05, 3.63) is 0 Å². The van der Waals surface area contributed by atoms with Gasteiger partial charge in [0, 0.05) is 26.7 Å². The second-order valence-corrected chi connectivity index (χ2v) is 6.01. The van der Waals surface area contributed by atoms with Gasteiger partial charge in [-0.15, -0.1) is 24.0 Å². The third-order valence-corrected chi connectivity index (χ3v) is 2.38. The van der Waals surface area contributed by atoms with Crippen molar-refractivity contribution < 1.29 is 9.53 Å². The van der Waals surface area contributed by atoms with Crippen LogP contribution < -0.4 is 16.0 Å². The molecule has 0 atom stereocenters. The van der Waals surface area contributed by atoms with Crippen LogP contribution in [0.25, 0.3) is 0 Å². The van der Waals surface area contributed by atoms with Gasteiger partial charge in [-0.1, -0.05) is 0 Å². The van der Waals surface area contributed by atoms with Crippen LogP contribution in [0.3, 0.4) is 0 Å². The number of alkyl carbamates (subject to hydrolysis) is 1. The van der Waals surface area contributed by atoms with E-state index in [9.17, 15) is 4.79 Å². The van der Waals surface area contributed by atoms with Crippen molar-refractivity contribution in [3.63, 3.8) is 0 Å². The van der Waals surface area contributed by atoms with Gasteiger partial charge in [-0.05, 0) is 47.8 Å². The largest absolute Gasteiger partial charge is 0.444 e. The third-order valence-electron chi connectivity index (χ3n) is 2.38. The highest BCUT2D eigenvalue weighted by molar-refractivity contribution is 14.0. The summed E-state index contributed by atoms with van der Waals surface area (Å²) in [6.07, 6.45) is 0.641. The van der Waals surface area contributed by atoms with E-state index in [1.165, 1.54) is 0 Å². The fraction of sp³-hybridized carbons (Fsp3) is 0.857. The minimum Gasteiger partial charge on any atom is -0.444 e. The Morgan fingerprint density at radius 1 is 1.09 bits per heavy atom. The summed E-state index contributed by atoms with van der Waals surface area (Å²) in [5, 5.41) is 9.04. The molecule has 0 aromatic heterocycles. The third kappa shape index (κ3) is 15.6. The highest BCUT2D eigenvalue weighted by Crippen LogP contribution is 2.05. The lowest BCUT2D eigenvalue weighted by atomic mass is 10.2. The van der Waals surface area contributed by atoms with Crippen molar-refractivity contribution in [3.8, 4) is 0 Å². The molecular weight excluding hydrogens is 397 g/mol. The SMILES string of the molecule is CN=C(NCCCN(C)C)NCCNC(=O)OC(C)(C)C.I. The van der Waals surface area contributed by atoms with Gasteiger partial charge in [0.25, 0.3) is 0 Å². The van der Waals surface area contributed by atoms with Crippen LogP contribution in [-0.2, 0) is 4.74 Å². The molecule has 8 heteroatoms. The molecule has 7 nitrogen and oxygen atoms in total. The van der Waals surface area contributed by atoms with E-state index in [-0.39, 0.29) is 24.0 Å². The molecule has 0 aromatic rings. The van der Waals surface area contributed by atoms with Crippen LogP contribution in [0.4, 0.5) is 4.79 Å². The fourth-order valence-electron chi connectivity index (χ4n) is 1.48. The van der Waals surface area contributed by atoms with Gasteiger partial charge >= 0.3 is 6.09 Å². The number of carbonyl (C=O) groups is 1. The molecular formula is C14H32IN5O2. The zero-order valence-corrected chi connectivity index (χ0v) is 17.0. The van der Waals surface area contributed by atoms with Gasteiger partial charge in [0.05, 0.1) is 0 Å². The maximum atomic E-state index is 11.4. The van der Waals surface area contributed by atoms with Gasteiger partial charge in [0.2, 0.25) is 0 Å². The number of nitrogens with zero attached hydrogens (tertiary/aromatic N) is 2. The average molecular weight is 429 g/mol. The molecule has 0 heterocycles. The molecule has 0 radical (unpaired) electrons. The van der Waals surface area contributed by atoms with E-state index in [4.69, 9.17) is 4.74 Å². The number of halogens is 1. The van der Waals surface area contributed by atoms with Crippen molar-refractivity contribution in [2.45, 2.75) is 32.8 Å². The molecule has 0 fully saturated rings. The first-order valence-electron chi connectivity index (χ1n) is 7.30. The normalized spacial score (nSPS) is 11.7. The Morgan fingerprint density at radius 3 is 2.14 bits per heavy atom. The van der Waals surface area contributed by atoms with Crippen molar-refractivity contribution in [2.75, 3.05) is 47.3 Å². The van der Waals surface area contributed by atoms with Gasteiger partial charge in [-0.3, -0.25) is 4.99 Å². The highest BCUT2D eigenvalue weighted by atomic mass is 127. The predicted molar refractivity (Wildman–Crippen MR) is 102 cm³/mol. The van der Waals surface area contributed by atoms with E-state index in [0.717, 1.165) is 25.5 Å². The molecule has 0 saturated carbocycles. The van der Waals surface area contributed by atoms with Crippen molar-refractivity contribution in [2.24, 2.45) is 4.99 Å². The monoisotopic (exact) mass is 429 g/mol. The molecule has 0 saturated heterocycles. The Balaban J connectivity index is 0. The Kier molecular flexibility index (Phi) is 13.6.